The number of rotatable bonds is 12. The van der Waals surface area contributed by atoms with Gasteiger partial charge in [-0.05, 0) is 79.6 Å². The highest BCUT2D eigenvalue weighted by atomic mass is 16.5. The van der Waals surface area contributed by atoms with Crippen LogP contribution in [-0.4, -0.2) is 45.5 Å². The molecule has 1 heterocycles. The largest absolute Gasteiger partial charge is 0.491 e. The van der Waals surface area contributed by atoms with Gasteiger partial charge < -0.3 is 19.1 Å². The summed E-state index contributed by atoms with van der Waals surface area (Å²) in [6, 6.07) is 14.6. The second-order valence-corrected chi connectivity index (χ2v) is 9.00. The number of nitrogens with zero attached hydrogens (tertiary/aromatic N) is 1. The highest BCUT2D eigenvalue weighted by molar-refractivity contribution is 5.94. The number of ether oxygens (including phenoxy) is 3. The summed E-state index contributed by atoms with van der Waals surface area (Å²) in [5.41, 5.74) is 5.03. The average Bonchev–Trinajstić information content (AvgIpc) is 3.27. The Balaban J connectivity index is 1.76. The molecular formula is C29H39NO4. The molecule has 0 radical (unpaired) electrons. The minimum atomic E-state index is -0.270. The van der Waals surface area contributed by atoms with E-state index in [1.165, 1.54) is 12.1 Å². The first-order valence-electron chi connectivity index (χ1n) is 12.6. The predicted octanol–water partition coefficient (Wildman–Crippen LogP) is 6.36. The van der Waals surface area contributed by atoms with Crippen LogP contribution in [0, 0.1) is 5.92 Å². The summed E-state index contributed by atoms with van der Waals surface area (Å²) in [6.45, 7) is 12.5. The molecule has 1 aliphatic rings. The molecule has 1 saturated heterocycles. The van der Waals surface area contributed by atoms with E-state index in [4.69, 9.17) is 14.2 Å². The van der Waals surface area contributed by atoms with Crippen molar-refractivity contribution < 1.29 is 19.0 Å². The van der Waals surface area contributed by atoms with Gasteiger partial charge in [0.15, 0.2) is 0 Å². The van der Waals surface area contributed by atoms with Crippen LogP contribution in [0.1, 0.15) is 52.5 Å². The van der Waals surface area contributed by atoms with Crippen molar-refractivity contribution in [1.29, 1.82) is 0 Å². The topological polar surface area (TPSA) is 48.0 Å². The van der Waals surface area contributed by atoms with Crippen LogP contribution in [0.15, 0.2) is 48.0 Å². The van der Waals surface area contributed by atoms with E-state index in [0.717, 1.165) is 55.0 Å². The number of carbonyl (C=O) groups is 1. The van der Waals surface area contributed by atoms with Crippen molar-refractivity contribution in [1.82, 2.24) is 0 Å². The molecule has 1 unspecified atom stereocenters. The molecule has 0 spiro atoms. The number of anilines is 1. The fraction of sp³-hybridized carbons (Fsp3) is 0.483. The van der Waals surface area contributed by atoms with E-state index < -0.39 is 0 Å². The molecule has 2 aromatic rings. The average molecular weight is 466 g/mol. The smallest absolute Gasteiger partial charge is 0.333 e. The van der Waals surface area contributed by atoms with Crippen LogP contribution in [-0.2, 0) is 14.3 Å². The summed E-state index contributed by atoms with van der Waals surface area (Å²) in [4.78, 5) is 14.7. The van der Waals surface area contributed by atoms with Gasteiger partial charge >= 0.3 is 5.97 Å². The highest BCUT2D eigenvalue weighted by Crippen LogP contribution is 2.33. The zero-order chi connectivity index (χ0) is 24.3. The number of unbranched alkanes of at least 4 members (excludes halogenated alkanes) is 1. The van der Waals surface area contributed by atoms with Crippen molar-refractivity contribution in [2.75, 3.05) is 44.4 Å². The van der Waals surface area contributed by atoms with E-state index in [0.29, 0.717) is 31.3 Å². The summed E-state index contributed by atoms with van der Waals surface area (Å²) in [6.07, 6.45) is 5.36. The van der Waals surface area contributed by atoms with Gasteiger partial charge in [-0.2, -0.15) is 0 Å². The molecule has 34 heavy (non-hydrogen) atoms. The Morgan fingerprint density at radius 1 is 1.06 bits per heavy atom. The molecule has 3 rings (SSSR count). The number of esters is 1. The summed E-state index contributed by atoms with van der Waals surface area (Å²) < 4.78 is 16.6. The quantitative estimate of drug-likeness (QED) is 0.207. The third-order valence-corrected chi connectivity index (χ3v) is 6.09. The van der Waals surface area contributed by atoms with Gasteiger partial charge in [-0.3, -0.25) is 0 Å². The van der Waals surface area contributed by atoms with Gasteiger partial charge in [-0.15, -0.1) is 0 Å². The molecule has 2 aromatic carbocycles. The lowest BCUT2D eigenvalue weighted by Crippen LogP contribution is -2.20. The minimum Gasteiger partial charge on any atom is -0.491 e. The van der Waals surface area contributed by atoms with Crippen molar-refractivity contribution in [2.45, 2.75) is 47.0 Å². The molecule has 0 amide bonds. The highest BCUT2D eigenvalue weighted by Gasteiger charge is 2.21. The van der Waals surface area contributed by atoms with E-state index in [2.05, 4.69) is 49.1 Å². The van der Waals surface area contributed by atoms with Crippen LogP contribution in [0.3, 0.4) is 0 Å². The van der Waals surface area contributed by atoms with Gasteiger partial charge in [-0.1, -0.05) is 38.5 Å². The maximum atomic E-state index is 12.3. The van der Waals surface area contributed by atoms with Gasteiger partial charge in [0.2, 0.25) is 0 Å². The maximum absolute atomic E-state index is 12.3. The van der Waals surface area contributed by atoms with Crippen LogP contribution in [0.4, 0.5) is 5.69 Å². The third-order valence-electron chi connectivity index (χ3n) is 6.09. The normalized spacial score (nSPS) is 16.1. The predicted molar refractivity (Wildman–Crippen MR) is 139 cm³/mol. The van der Waals surface area contributed by atoms with E-state index in [9.17, 15) is 4.79 Å². The van der Waals surface area contributed by atoms with Crippen LogP contribution in [0.5, 0.6) is 5.75 Å². The molecule has 0 saturated carbocycles. The second kappa shape index (κ2) is 13.2. The fourth-order valence-corrected chi connectivity index (χ4v) is 4.14. The Morgan fingerprint density at radius 3 is 2.50 bits per heavy atom. The zero-order valence-corrected chi connectivity index (χ0v) is 21.1. The standard InChI is InChI=1S/C29H39NO4/c1-5-7-16-32-17-18-34-27-11-8-24(9-12-27)25-10-13-28(30-15-14-22(3)21-30)26(20-25)19-23(4)29(31)33-6-2/h8-13,19-20,22H,5-7,14-18,21H2,1-4H3. The van der Waals surface area contributed by atoms with Gasteiger partial charge in [-0.25, -0.2) is 4.79 Å². The van der Waals surface area contributed by atoms with Crippen LogP contribution < -0.4 is 9.64 Å². The van der Waals surface area contributed by atoms with E-state index >= 15 is 0 Å². The molecule has 1 aliphatic heterocycles. The van der Waals surface area contributed by atoms with E-state index in [-0.39, 0.29) is 5.97 Å². The second-order valence-electron chi connectivity index (χ2n) is 9.00. The Labute approximate surface area is 204 Å². The lowest BCUT2D eigenvalue weighted by molar-refractivity contribution is -0.138. The van der Waals surface area contributed by atoms with Gasteiger partial charge in [0, 0.05) is 31.0 Å². The van der Waals surface area contributed by atoms with Gasteiger partial charge in [0.05, 0.1) is 13.2 Å². The first-order chi connectivity index (χ1) is 16.5. The molecular weight excluding hydrogens is 426 g/mol. The van der Waals surface area contributed by atoms with Crippen LogP contribution >= 0.6 is 0 Å². The Bertz CT molecular complexity index is 951. The van der Waals surface area contributed by atoms with Crippen molar-refractivity contribution in [2.24, 2.45) is 5.92 Å². The third kappa shape index (κ3) is 7.36. The molecule has 0 bridgehead atoms. The van der Waals surface area contributed by atoms with Gasteiger partial charge in [0.1, 0.15) is 12.4 Å². The Hall–Kier alpha value is -2.79. The zero-order valence-electron chi connectivity index (χ0n) is 21.1. The first kappa shape index (κ1) is 25.8. The van der Waals surface area contributed by atoms with E-state index in [1.807, 2.05) is 32.1 Å². The molecule has 184 valence electrons. The molecule has 1 fully saturated rings. The number of hydrogen-bond acceptors (Lipinski definition) is 5. The monoisotopic (exact) mass is 465 g/mol. The molecule has 1 atom stereocenters. The summed E-state index contributed by atoms with van der Waals surface area (Å²) in [7, 11) is 0. The SMILES string of the molecule is CCCCOCCOc1ccc(-c2ccc(N3CCC(C)C3)c(C=C(C)C(=O)OCC)c2)cc1. The molecule has 5 nitrogen and oxygen atoms in total. The Morgan fingerprint density at radius 2 is 1.82 bits per heavy atom. The molecule has 0 N–H and O–H groups in total. The van der Waals surface area contributed by atoms with Gasteiger partial charge in [0.25, 0.3) is 0 Å². The maximum Gasteiger partial charge on any atom is 0.333 e. The lowest BCUT2D eigenvalue weighted by atomic mass is 9.99. The number of carbonyl (C=O) groups excluding carboxylic acids is 1. The summed E-state index contributed by atoms with van der Waals surface area (Å²) in [5.74, 6) is 1.24. The number of hydrogen-bond donors (Lipinski definition) is 0. The van der Waals surface area contributed by atoms with Crippen LogP contribution in [0.25, 0.3) is 17.2 Å². The molecule has 5 heteroatoms. The summed E-state index contributed by atoms with van der Waals surface area (Å²) in [5, 5.41) is 0. The van der Waals surface area contributed by atoms with Crippen molar-refractivity contribution in [3.05, 3.63) is 53.6 Å². The molecule has 0 aromatic heterocycles. The lowest BCUT2D eigenvalue weighted by Gasteiger charge is -2.22. The van der Waals surface area contributed by atoms with E-state index in [1.54, 1.807) is 0 Å². The minimum absolute atomic E-state index is 0.270. The van der Waals surface area contributed by atoms with Crippen molar-refractivity contribution in [3.63, 3.8) is 0 Å². The summed E-state index contributed by atoms with van der Waals surface area (Å²) >= 11 is 0. The van der Waals surface area contributed by atoms with Crippen molar-refractivity contribution >= 4 is 17.7 Å². The number of benzene rings is 2. The molecule has 0 aliphatic carbocycles. The van der Waals surface area contributed by atoms with Crippen molar-refractivity contribution in [3.8, 4) is 16.9 Å². The first-order valence-corrected chi connectivity index (χ1v) is 12.6. The van der Waals surface area contributed by atoms with Crippen LogP contribution in [0.2, 0.25) is 0 Å². The Kier molecular flexibility index (Phi) is 10.0. The fourth-order valence-electron chi connectivity index (χ4n) is 4.14.